The molecule has 6 unspecified atom stereocenters. The predicted octanol–water partition coefficient (Wildman–Crippen LogP) is 10.1. The topological polar surface area (TPSA) is 147 Å². The number of phenolic OH excluding ortho intramolecular Hbond substituents is 1. The number of anilines is 1. The molecule has 3 aromatic carbocycles. The number of hydrogen-bond acceptors (Lipinski definition) is 9. The Morgan fingerprint density at radius 1 is 0.926 bits per heavy atom. The summed E-state index contributed by atoms with van der Waals surface area (Å²) in [5.74, 6) is 3.47. The minimum absolute atomic E-state index is 0.00958. The average Bonchev–Trinajstić information content (AvgIpc) is 3.35. The Hall–Kier alpha value is -5.09. The predicted molar refractivity (Wildman–Crippen MR) is 274 cm³/mol. The zero-order valence-electron chi connectivity index (χ0n) is 40.5. The van der Waals surface area contributed by atoms with E-state index in [1.54, 1.807) is 18.2 Å². The lowest BCUT2D eigenvalue weighted by Crippen LogP contribution is -2.56. The summed E-state index contributed by atoms with van der Waals surface area (Å²) in [6.45, 7) is 3.12. The van der Waals surface area contributed by atoms with Gasteiger partial charge in [-0.2, -0.15) is 0 Å². The van der Waals surface area contributed by atoms with Crippen LogP contribution >= 0.6 is 0 Å². The van der Waals surface area contributed by atoms with Crippen molar-refractivity contribution in [1.29, 1.82) is 0 Å². The van der Waals surface area contributed by atoms with Crippen molar-refractivity contribution in [2.24, 2.45) is 29.6 Å². The van der Waals surface area contributed by atoms with Gasteiger partial charge in [0.05, 0.1) is 19.1 Å². The van der Waals surface area contributed by atoms with Crippen LogP contribution in [0.25, 0.3) is 6.08 Å². The Morgan fingerprint density at radius 2 is 1.71 bits per heavy atom. The number of carbonyl (C=O) groups excluding carboxylic acids is 2. The van der Waals surface area contributed by atoms with Crippen LogP contribution in [-0.2, 0) is 41.7 Å². The quantitative estimate of drug-likeness (QED) is 0.0295. The van der Waals surface area contributed by atoms with Crippen LogP contribution < -0.4 is 21.1 Å². The molecule has 0 spiro atoms. The standard InChI is InChI=1S/C59H76N4O5/c1-68-56-36-45(48(35-55(56)66)34-49-40-63-57(60)37-46(49)21-20-43-14-8-13-42(31-43)19-18-41-11-4-2-5-12-41)22-23-52(65)38-51(64)17-9-15-44(24-28-59(67)26-6-3-7-27-59)32-54-53-25-30-61-39-50(53)33-47-16-10-29-62-58(47)54/h2,4-5,8,10-14,16,22-23,31,35-37,40,44,47,50,53-54,58,61-62,66-67H,3,6-7,9,15,17-21,24-30,32-34,38-39H2,1H3,(H2,60,63). The minimum Gasteiger partial charge on any atom is -0.504 e. The number of nitrogens with zero attached hydrogens (tertiary/aromatic N) is 1. The van der Waals surface area contributed by atoms with Gasteiger partial charge in [0.15, 0.2) is 17.3 Å². The second kappa shape index (κ2) is 24.0. The maximum absolute atomic E-state index is 13.5. The maximum atomic E-state index is 13.5. The van der Waals surface area contributed by atoms with Crippen LogP contribution in [0, 0.1) is 29.6 Å². The van der Waals surface area contributed by atoms with Crippen molar-refractivity contribution in [1.82, 2.24) is 15.6 Å². The van der Waals surface area contributed by atoms with E-state index in [9.17, 15) is 19.8 Å². The molecule has 68 heavy (non-hydrogen) atoms. The van der Waals surface area contributed by atoms with Gasteiger partial charge in [-0.3, -0.25) is 9.59 Å². The number of carbonyl (C=O) groups is 2. The van der Waals surface area contributed by atoms with Gasteiger partial charge in [-0.15, -0.1) is 0 Å². The summed E-state index contributed by atoms with van der Waals surface area (Å²) in [5, 5.41) is 30.1. The number of piperidine rings is 1. The number of pyridine rings is 1. The van der Waals surface area contributed by atoms with Gasteiger partial charge in [0.2, 0.25) is 0 Å². The third-order valence-corrected chi connectivity index (χ3v) is 16.0. The summed E-state index contributed by atoms with van der Waals surface area (Å²) in [5.41, 5.74) is 13.2. The molecule has 3 heterocycles. The number of ether oxygens (including phenoxy) is 1. The molecule has 6 atom stereocenters. The smallest absolute Gasteiger partial charge is 0.163 e. The molecule has 6 N–H and O–H groups in total. The van der Waals surface area contributed by atoms with E-state index in [2.05, 4.69) is 76.3 Å². The molecule has 9 nitrogen and oxygen atoms in total. The minimum atomic E-state index is -0.560. The number of aliphatic hydroxyl groups is 1. The van der Waals surface area contributed by atoms with Crippen molar-refractivity contribution in [2.75, 3.05) is 32.5 Å². The van der Waals surface area contributed by atoms with Crippen LogP contribution in [-0.4, -0.2) is 65.2 Å². The molecule has 1 saturated heterocycles. The molecule has 8 rings (SSSR count). The number of nitrogen functional groups attached to an aromatic ring is 1. The number of methoxy groups -OCH3 is 1. The molecule has 2 aliphatic heterocycles. The molecule has 4 aromatic rings. The van der Waals surface area contributed by atoms with Crippen molar-refractivity contribution in [3.8, 4) is 11.5 Å². The number of rotatable bonds is 22. The van der Waals surface area contributed by atoms with E-state index in [4.69, 9.17) is 10.5 Å². The van der Waals surface area contributed by atoms with E-state index < -0.39 is 5.60 Å². The molecule has 0 bridgehead atoms. The molecule has 362 valence electrons. The fraction of sp³-hybridized carbons (Fsp3) is 0.508. The number of aryl methyl sites for hydroxylation is 4. The number of allylic oxidation sites excluding steroid dienone is 1. The van der Waals surface area contributed by atoms with Crippen LogP contribution in [0.3, 0.4) is 0 Å². The lowest BCUT2D eigenvalue weighted by atomic mass is 9.59. The Balaban J connectivity index is 0.890. The zero-order chi connectivity index (χ0) is 47.3. The Morgan fingerprint density at radius 3 is 2.51 bits per heavy atom. The van der Waals surface area contributed by atoms with Gasteiger partial charge in [-0.25, -0.2) is 4.98 Å². The first-order chi connectivity index (χ1) is 33.1. The number of ketones is 2. The number of hydrogen-bond donors (Lipinski definition) is 5. The second-order valence-corrected chi connectivity index (χ2v) is 20.8. The summed E-state index contributed by atoms with van der Waals surface area (Å²) in [6, 6.07) is 25.2. The van der Waals surface area contributed by atoms with E-state index in [0.29, 0.717) is 60.0 Å². The normalized spacial score (nSPS) is 22.6. The second-order valence-electron chi connectivity index (χ2n) is 20.8. The fourth-order valence-electron chi connectivity index (χ4n) is 12.3. The monoisotopic (exact) mass is 921 g/mol. The van der Waals surface area contributed by atoms with Crippen molar-refractivity contribution in [3.63, 3.8) is 0 Å². The number of Topliss-reactive ketones (excluding diaryl/α,β-unsaturated/α-hetero) is 1. The van der Waals surface area contributed by atoms with E-state index >= 15 is 0 Å². The van der Waals surface area contributed by atoms with Gasteiger partial charge in [0, 0.05) is 25.2 Å². The van der Waals surface area contributed by atoms with Gasteiger partial charge < -0.3 is 31.3 Å². The summed E-state index contributed by atoms with van der Waals surface area (Å²) in [6.07, 6.45) is 26.4. The van der Waals surface area contributed by atoms with Crippen molar-refractivity contribution < 1.29 is 24.5 Å². The number of nitrogens with one attached hydrogen (secondary N) is 2. The highest BCUT2D eigenvalue weighted by Gasteiger charge is 2.45. The molecule has 2 saturated carbocycles. The van der Waals surface area contributed by atoms with Crippen LogP contribution in [0.5, 0.6) is 11.5 Å². The van der Waals surface area contributed by atoms with Gasteiger partial charge in [-0.05, 0) is 189 Å². The van der Waals surface area contributed by atoms with Crippen LogP contribution in [0.2, 0.25) is 0 Å². The summed E-state index contributed by atoms with van der Waals surface area (Å²) in [4.78, 5) is 31.4. The van der Waals surface area contributed by atoms with Crippen LogP contribution in [0.4, 0.5) is 5.82 Å². The number of aromatic hydroxyl groups is 1. The highest BCUT2D eigenvalue weighted by molar-refractivity contribution is 6.06. The van der Waals surface area contributed by atoms with Crippen molar-refractivity contribution >= 4 is 23.5 Å². The summed E-state index contributed by atoms with van der Waals surface area (Å²) < 4.78 is 5.49. The molecule has 4 aliphatic rings. The lowest BCUT2D eigenvalue weighted by molar-refractivity contribution is -0.124. The zero-order valence-corrected chi connectivity index (χ0v) is 40.5. The van der Waals surface area contributed by atoms with E-state index in [1.165, 1.54) is 49.1 Å². The average molecular weight is 921 g/mol. The molecule has 1 aromatic heterocycles. The number of phenols is 1. The van der Waals surface area contributed by atoms with Gasteiger partial charge in [0.1, 0.15) is 11.6 Å². The third-order valence-electron chi connectivity index (χ3n) is 16.0. The fourth-order valence-corrected chi connectivity index (χ4v) is 12.3. The summed E-state index contributed by atoms with van der Waals surface area (Å²) in [7, 11) is 1.51. The lowest BCUT2D eigenvalue weighted by Gasteiger charge is -2.51. The molecular weight excluding hydrogens is 845 g/mol. The molecule has 3 fully saturated rings. The van der Waals surface area contributed by atoms with Gasteiger partial charge in [0.25, 0.3) is 0 Å². The van der Waals surface area contributed by atoms with Crippen molar-refractivity contribution in [2.45, 2.75) is 134 Å². The highest BCUT2D eigenvalue weighted by Crippen LogP contribution is 2.47. The molecule has 9 heteroatoms. The van der Waals surface area contributed by atoms with Crippen LogP contribution in [0.1, 0.15) is 129 Å². The first kappa shape index (κ1) is 49.3. The number of fused-ring (bicyclic) bond motifs is 2. The highest BCUT2D eigenvalue weighted by atomic mass is 16.5. The Labute approximate surface area is 405 Å². The van der Waals surface area contributed by atoms with E-state index in [1.807, 2.05) is 18.3 Å². The Kier molecular flexibility index (Phi) is 17.4. The SMILES string of the molecule is COc1cc(C=CC(=O)CC(=O)CCCC(CCC2(O)CCCCC2)CC2C3CCNCC3CC3C=CCNC32)c(Cc2cnc(N)cc2CCc2cccc(CCc3ccccc3)c2)cc1O. The molecular formula is C59H76N4O5. The van der Waals surface area contributed by atoms with Crippen molar-refractivity contribution in [3.05, 3.63) is 136 Å². The maximum Gasteiger partial charge on any atom is 0.163 e. The Bertz CT molecular complexity index is 2350. The van der Waals surface area contributed by atoms with E-state index in [-0.39, 0.29) is 23.7 Å². The third kappa shape index (κ3) is 13.6. The number of benzene rings is 3. The van der Waals surface area contributed by atoms with Gasteiger partial charge in [-0.1, -0.05) is 98.5 Å². The molecule has 0 radical (unpaired) electrons. The van der Waals surface area contributed by atoms with Crippen LogP contribution in [0.15, 0.2) is 97.2 Å². The molecule has 2 aliphatic carbocycles. The molecule has 0 amide bonds. The number of nitrogens with two attached hydrogens (primary N) is 1. The largest absolute Gasteiger partial charge is 0.504 e. The first-order valence-corrected chi connectivity index (χ1v) is 25.9. The summed E-state index contributed by atoms with van der Waals surface area (Å²) >= 11 is 0. The van der Waals surface area contributed by atoms with Gasteiger partial charge >= 0.3 is 0 Å². The first-order valence-electron chi connectivity index (χ1n) is 25.9. The number of aromatic nitrogens is 1. The van der Waals surface area contributed by atoms with E-state index in [0.717, 1.165) is 125 Å².